The number of anilines is 2. The summed E-state index contributed by atoms with van der Waals surface area (Å²) in [7, 11) is 1.81. The highest BCUT2D eigenvalue weighted by Crippen LogP contribution is 2.17. The van der Waals surface area contributed by atoms with Crippen LogP contribution in [-0.4, -0.2) is 54.0 Å². The van der Waals surface area contributed by atoms with Crippen LogP contribution in [0.4, 0.5) is 16.0 Å². The topological polar surface area (TPSA) is 61.4 Å². The number of likely N-dealkylation sites (N-methyl/N-ethyl adjacent to an activating group) is 1. The molecule has 0 saturated carbocycles. The second kappa shape index (κ2) is 7.46. The van der Waals surface area contributed by atoms with Gasteiger partial charge in [0.1, 0.15) is 23.8 Å². The Balaban J connectivity index is 1.59. The lowest BCUT2D eigenvalue weighted by Gasteiger charge is -2.32. The van der Waals surface area contributed by atoms with Crippen LogP contribution in [0.1, 0.15) is 11.1 Å². The number of halogens is 1. The van der Waals surface area contributed by atoms with Gasteiger partial charge in [-0.25, -0.2) is 14.4 Å². The molecule has 1 fully saturated rings. The van der Waals surface area contributed by atoms with E-state index in [1.54, 1.807) is 11.0 Å². The molecule has 1 saturated heterocycles. The largest absolute Gasteiger partial charge is 0.370 e. The predicted molar refractivity (Wildman–Crippen MR) is 95.2 cm³/mol. The molecule has 1 aliphatic rings. The maximum absolute atomic E-state index is 13.1. The van der Waals surface area contributed by atoms with Crippen LogP contribution in [0.15, 0.2) is 30.6 Å². The summed E-state index contributed by atoms with van der Waals surface area (Å²) in [6.07, 6.45) is 2.28. The fourth-order valence-corrected chi connectivity index (χ4v) is 2.84. The number of carbonyl (C=O) groups is 1. The summed E-state index contributed by atoms with van der Waals surface area (Å²) in [5.41, 5.74) is 2.05. The number of hydrogen-bond donors (Lipinski definition) is 1. The van der Waals surface area contributed by atoms with Crippen molar-refractivity contribution in [2.45, 2.75) is 13.3 Å². The molecule has 1 amide bonds. The van der Waals surface area contributed by atoms with E-state index in [-0.39, 0.29) is 11.7 Å². The second-order valence-electron chi connectivity index (χ2n) is 6.25. The molecule has 0 atom stereocenters. The number of amides is 1. The average molecular weight is 343 g/mol. The first-order chi connectivity index (χ1) is 12.0. The highest BCUT2D eigenvalue weighted by atomic mass is 19.1. The summed E-state index contributed by atoms with van der Waals surface area (Å²) in [4.78, 5) is 24.0. The smallest absolute Gasteiger partial charge is 0.241 e. The highest BCUT2D eigenvalue weighted by molar-refractivity contribution is 5.82. The Labute approximate surface area is 146 Å². The Morgan fingerprint density at radius 2 is 2.08 bits per heavy atom. The highest BCUT2D eigenvalue weighted by Gasteiger charge is 2.22. The summed E-state index contributed by atoms with van der Waals surface area (Å²) in [6.45, 7) is 4.38. The number of carbonyl (C=O) groups excluding carboxylic acids is 1. The minimum absolute atomic E-state index is 0.0890. The summed E-state index contributed by atoms with van der Waals surface area (Å²) in [5.74, 6) is 1.34. The van der Waals surface area contributed by atoms with Crippen molar-refractivity contribution in [3.63, 3.8) is 0 Å². The normalized spacial score (nSPS) is 14.8. The van der Waals surface area contributed by atoms with Crippen LogP contribution in [0.5, 0.6) is 0 Å². The molecule has 7 heteroatoms. The maximum atomic E-state index is 13.1. The Bertz CT molecular complexity index is 767. The van der Waals surface area contributed by atoms with E-state index in [4.69, 9.17) is 0 Å². The summed E-state index contributed by atoms with van der Waals surface area (Å²) in [5, 5.41) is 3.27. The fraction of sp³-hybridized carbons (Fsp3) is 0.389. The Morgan fingerprint density at radius 1 is 1.24 bits per heavy atom. The number of rotatable bonds is 5. The van der Waals surface area contributed by atoms with Crippen LogP contribution in [0, 0.1) is 12.7 Å². The van der Waals surface area contributed by atoms with Crippen molar-refractivity contribution in [1.82, 2.24) is 14.9 Å². The number of hydrogen-bond acceptors (Lipinski definition) is 5. The van der Waals surface area contributed by atoms with Crippen molar-refractivity contribution in [1.29, 1.82) is 0 Å². The van der Waals surface area contributed by atoms with E-state index in [0.29, 0.717) is 19.6 Å². The Hall–Kier alpha value is -2.70. The van der Waals surface area contributed by atoms with Crippen LogP contribution in [0.3, 0.4) is 0 Å². The average Bonchev–Trinajstić information content (AvgIpc) is 2.59. The van der Waals surface area contributed by atoms with Gasteiger partial charge in [0.15, 0.2) is 0 Å². The van der Waals surface area contributed by atoms with E-state index in [0.717, 1.165) is 35.7 Å². The number of nitrogens with zero attached hydrogens (tertiary/aromatic N) is 4. The van der Waals surface area contributed by atoms with Gasteiger partial charge in [0.2, 0.25) is 5.91 Å². The third-order valence-corrected chi connectivity index (χ3v) is 4.44. The molecule has 0 aliphatic carbocycles. The van der Waals surface area contributed by atoms with E-state index in [1.807, 2.05) is 31.0 Å². The second-order valence-corrected chi connectivity index (χ2v) is 6.25. The SMILES string of the molecule is Cc1cc(F)ccc1CCNc1cc(N2CCN(C)C(=O)C2)ncn1. The van der Waals surface area contributed by atoms with Crippen molar-refractivity contribution >= 4 is 17.5 Å². The van der Waals surface area contributed by atoms with E-state index >= 15 is 0 Å². The molecule has 1 aliphatic heterocycles. The molecule has 3 rings (SSSR count). The van der Waals surface area contributed by atoms with Gasteiger partial charge in [-0.2, -0.15) is 0 Å². The lowest BCUT2D eigenvalue weighted by atomic mass is 10.1. The molecule has 25 heavy (non-hydrogen) atoms. The lowest BCUT2D eigenvalue weighted by molar-refractivity contribution is -0.129. The number of benzene rings is 1. The van der Waals surface area contributed by atoms with Crippen LogP contribution < -0.4 is 10.2 Å². The minimum Gasteiger partial charge on any atom is -0.370 e. The van der Waals surface area contributed by atoms with Gasteiger partial charge in [0.25, 0.3) is 0 Å². The van der Waals surface area contributed by atoms with Gasteiger partial charge in [-0.05, 0) is 36.6 Å². The van der Waals surface area contributed by atoms with E-state index in [2.05, 4.69) is 15.3 Å². The molecular weight excluding hydrogens is 321 g/mol. The molecule has 0 bridgehead atoms. The molecular formula is C18H22FN5O. The molecule has 2 heterocycles. The van der Waals surface area contributed by atoms with Crippen molar-refractivity contribution in [3.8, 4) is 0 Å². The molecule has 132 valence electrons. The monoisotopic (exact) mass is 343 g/mol. The van der Waals surface area contributed by atoms with Gasteiger partial charge in [-0.15, -0.1) is 0 Å². The molecule has 1 aromatic carbocycles. The zero-order chi connectivity index (χ0) is 17.8. The third kappa shape index (κ3) is 4.23. The summed E-state index contributed by atoms with van der Waals surface area (Å²) in [6, 6.07) is 6.70. The molecule has 6 nitrogen and oxygen atoms in total. The van der Waals surface area contributed by atoms with Crippen molar-refractivity contribution in [3.05, 3.63) is 47.5 Å². The number of piperazine rings is 1. The summed E-state index contributed by atoms with van der Waals surface area (Å²) < 4.78 is 13.1. The molecule has 1 aromatic heterocycles. The number of nitrogens with one attached hydrogen (secondary N) is 1. The molecule has 1 N–H and O–H groups in total. The Morgan fingerprint density at radius 3 is 2.84 bits per heavy atom. The van der Waals surface area contributed by atoms with E-state index in [9.17, 15) is 9.18 Å². The predicted octanol–water partition coefficient (Wildman–Crippen LogP) is 1.86. The molecule has 2 aromatic rings. The van der Waals surface area contributed by atoms with Gasteiger partial charge >= 0.3 is 0 Å². The zero-order valence-electron chi connectivity index (χ0n) is 14.5. The van der Waals surface area contributed by atoms with Gasteiger partial charge in [0, 0.05) is 32.7 Å². The van der Waals surface area contributed by atoms with Gasteiger partial charge < -0.3 is 15.1 Å². The van der Waals surface area contributed by atoms with Crippen LogP contribution in [-0.2, 0) is 11.2 Å². The fourth-order valence-electron chi connectivity index (χ4n) is 2.84. The van der Waals surface area contributed by atoms with Gasteiger partial charge in [-0.1, -0.05) is 6.07 Å². The van der Waals surface area contributed by atoms with E-state index < -0.39 is 0 Å². The van der Waals surface area contributed by atoms with E-state index in [1.165, 1.54) is 12.4 Å². The standard InChI is InChI=1S/C18H22FN5O/c1-13-9-15(19)4-3-14(13)5-6-20-16-10-17(22-12-21-16)24-8-7-23(2)18(25)11-24/h3-4,9-10,12H,5-8,11H2,1-2H3,(H,20,21,22). The number of aromatic nitrogens is 2. The lowest BCUT2D eigenvalue weighted by Crippen LogP contribution is -2.48. The zero-order valence-corrected chi connectivity index (χ0v) is 14.5. The first kappa shape index (κ1) is 17.1. The molecule has 0 spiro atoms. The van der Waals surface area contributed by atoms with Gasteiger partial charge in [0.05, 0.1) is 6.54 Å². The van der Waals surface area contributed by atoms with Crippen molar-refractivity contribution < 1.29 is 9.18 Å². The van der Waals surface area contributed by atoms with Crippen LogP contribution >= 0.6 is 0 Å². The summed E-state index contributed by atoms with van der Waals surface area (Å²) >= 11 is 0. The first-order valence-corrected chi connectivity index (χ1v) is 8.33. The number of aryl methyl sites for hydroxylation is 1. The minimum atomic E-state index is -0.212. The van der Waals surface area contributed by atoms with Crippen molar-refractivity contribution in [2.75, 3.05) is 43.4 Å². The molecule has 0 radical (unpaired) electrons. The van der Waals surface area contributed by atoms with Gasteiger partial charge in [-0.3, -0.25) is 4.79 Å². The Kier molecular flexibility index (Phi) is 5.11. The molecule has 0 unspecified atom stereocenters. The third-order valence-electron chi connectivity index (χ3n) is 4.44. The maximum Gasteiger partial charge on any atom is 0.241 e. The van der Waals surface area contributed by atoms with Crippen molar-refractivity contribution in [2.24, 2.45) is 0 Å². The first-order valence-electron chi connectivity index (χ1n) is 8.33. The van der Waals surface area contributed by atoms with Crippen LogP contribution in [0.2, 0.25) is 0 Å². The quantitative estimate of drug-likeness (QED) is 0.898. The van der Waals surface area contributed by atoms with Crippen LogP contribution in [0.25, 0.3) is 0 Å².